The van der Waals surface area contributed by atoms with Crippen LogP contribution < -0.4 is 0 Å². The average molecular weight is 395 g/mol. The maximum atomic E-state index is 12.9. The summed E-state index contributed by atoms with van der Waals surface area (Å²) in [5, 5.41) is 9.46. The van der Waals surface area contributed by atoms with E-state index >= 15 is 0 Å². The zero-order chi connectivity index (χ0) is 19.6. The lowest BCUT2D eigenvalue weighted by molar-refractivity contribution is -0.155. The molecule has 3 rings (SSSR count). The number of aromatic nitrogens is 1. The van der Waals surface area contributed by atoms with E-state index in [1.807, 2.05) is 6.92 Å². The highest BCUT2D eigenvalue weighted by atomic mass is 32.2. The van der Waals surface area contributed by atoms with Gasteiger partial charge in [0, 0.05) is 37.9 Å². The SMILES string of the molecule is CC1CCN(C(=O)C2CCN(S(=O)(=O)c3cccnc3)CC2)C(C(=O)O)C1. The van der Waals surface area contributed by atoms with Crippen LogP contribution in [0.4, 0.5) is 0 Å². The minimum atomic E-state index is -3.62. The first-order valence-corrected chi connectivity index (χ1v) is 10.7. The molecule has 1 aromatic rings. The highest BCUT2D eigenvalue weighted by Crippen LogP contribution is 2.29. The van der Waals surface area contributed by atoms with Crippen molar-refractivity contribution in [3.63, 3.8) is 0 Å². The Morgan fingerprint density at radius 2 is 1.89 bits per heavy atom. The molecule has 2 fully saturated rings. The number of pyridine rings is 1. The van der Waals surface area contributed by atoms with Crippen molar-refractivity contribution in [2.75, 3.05) is 19.6 Å². The molecule has 0 bridgehead atoms. The molecule has 148 valence electrons. The summed E-state index contributed by atoms with van der Waals surface area (Å²) >= 11 is 0. The van der Waals surface area contributed by atoms with Crippen LogP contribution in [-0.2, 0) is 19.6 Å². The number of carboxylic acid groups (broad SMARTS) is 1. The van der Waals surface area contributed by atoms with E-state index in [0.717, 1.165) is 6.42 Å². The lowest BCUT2D eigenvalue weighted by atomic mass is 9.89. The predicted molar refractivity (Wildman–Crippen MR) is 97.3 cm³/mol. The zero-order valence-electron chi connectivity index (χ0n) is 15.3. The second-order valence-electron chi connectivity index (χ2n) is 7.38. The summed E-state index contributed by atoms with van der Waals surface area (Å²) in [6, 6.07) is 2.30. The highest BCUT2D eigenvalue weighted by molar-refractivity contribution is 7.89. The first kappa shape index (κ1) is 19.8. The number of likely N-dealkylation sites (tertiary alicyclic amines) is 1. The van der Waals surface area contributed by atoms with Crippen molar-refractivity contribution in [2.45, 2.75) is 43.5 Å². The maximum Gasteiger partial charge on any atom is 0.326 e. The van der Waals surface area contributed by atoms with Crippen molar-refractivity contribution in [3.05, 3.63) is 24.5 Å². The Morgan fingerprint density at radius 1 is 1.19 bits per heavy atom. The van der Waals surface area contributed by atoms with Crippen LogP contribution in [0.3, 0.4) is 0 Å². The van der Waals surface area contributed by atoms with Crippen molar-refractivity contribution in [1.82, 2.24) is 14.2 Å². The van der Waals surface area contributed by atoms with Gasteiger partial charge < -0.3 is 10.0 Å². The molecule has 0 spiro atoms. The van der Waals surface area contributed by atoms with E-state index < -0.39 is 22.0 Å². The van der Waals surface area contributed by atoms with Gasteiger partial charge in [-0.25, -0.2) is 13.2 Å². The van der Waals surface area contributed by atoms with Crippen molar-refractivity contribution < 1.29 is 23.1 Å². The third-order valence-electron chi connectivity index (χ3n) is 5.51. The number of hydrogen-bond donors (Lipinski definition) is 1. The van der Waals surface area contributed by atoms with E-state index in [1.54, 1.807) is 6.07 Å². The van der Waals surface area contributed by atoms with Gasteiger partial charge in [0.05, 0.1) is 0 Å². The van der Waals surface area contributed by atoms with Crippen LogP contribution in [0.2, 0.25) is 0 Å². The molecule has 0 aliphatic carbocycles. The summed E-state index contributed by atoms with van der Waals surface area (Å²) in [7, 11) is -3.62. The molecule has 8 nitrogen and oxygen atoms in total. The van der Waals surface area contributed by atoms with E-state index in [2.05, 4.69) is 4.98 Å². The molecule has 2 saturated heterocycles. The normalized spacial score (nSPS) is 25.3. The van der Waals surface area contributed by atoms with Gasteiger partial charge in [-0.1, -0.05) is 6.92 Å². The van der Waals surface area contributed by atoms with Crippen LogP contribution >= 0.6 is 0 Å². The van der Waals surface area contributed by atoms with Crippen molar-refractivity contribution in [3.8, 4) is 0 Å². The van der Waals surface area contributed by atoms with E-state index in [-0.39, 0.29) is 35.7 Å². The number of hydrogen-bond acceptors (Lipinski definition) is 5. The molecule has 2 atom stereocenters. The first-order chi connectivity index (χ1) is 12.8. The maximum absolute atomic E-state index is 12.9. The standard InChI is InChI=1S/C18H25N3O5S/c1-13-4-10-21(16(11-13)18(23)24)17(22)14-5-8-20(9-6-14)27(25,26)15-3-2-7-19-12-15/h2-3,7,12-14,16H,4-6,8-11H2,1H3,(H,23,24). The molecule has 1 aromatic heterocycles. The fraction of sp³-hybridized carbons (Fsp3) is 0.611. The van der Waals surface area contributed by atoms with E-state index in [4.69, 9.17) is 0 Å². The molecule has 0 saturated carbocycles. The van der Waals surface area contributed by atoms with Gasteiger partial charge in [0.2, 0.25) is 15.9 Å². The molecule has 2 aliphatic heterocycles. The minimum absolute atomic E-state index is 0.144. The summed E-state index contributed by atoms with van der Waals surface area (Å²) in [5.74, 6) is -1.18. The zero-order valence-corrected chi connectivity index (χ0v) is 16.1. The van der Waals surface area contributed by atoms with E-state index in [9.17, 15) is 23.1 Å². The molecule has 3 heterocycles. The fourth-order valence-corrected chi connectivity index (χ4v) is 5.30. The number of carbonyl (C=O) groups excluding carboxylic acids is 1. The number of piperidine rings is 2. The van der Waals surface area contributed by atoms with Gasteiger partial charge in [-0.05, 0) is 43.7 Å². The van der Waals surface area contributed by atoms with Crippen LogP contribution in [0.15, 0.2) is 29.4 Å². The second kappa shape index (κ2) is 7.93. The number of nitrogens with zero attached hydrogens (tertiary/aromatic N) is 3. The fourth-order valence-electron chi connectivity index (χ4n) is 3.87. The number of carbonyl (C=O) groups is 2. The number of amides is 1. The second-order valence-corrected chi connectivity index (χ2v) is 9.32. The molecule has 2 unspecified atom stereocenters. The quantitative estimate of drug-likeness (QED) is 0.821. The van der Waals surface area contributed by atoms with Crippen molar-refractivity contribution in [2.24, 2.45) is 11.8 Å². The van der Waals surface area contributed by atoms with Crippen LogP contribution in [0.1, 0.15) is 32.6 Å². The van der Waals surface area contributed by atoms with E-state index in [1.165, 1.54) is 27.7 Å². The molecule has 9 heteroatoms. The molecule has 27 heavy (non-hydrogen) atoms. The summed E-state index contributed by atoms with van der Waals surface area (Å²) in [6.07, 6.45) is 4.90. The van der Waals surface area contributed by atoms with Crippen molar-refractivity contribution >= 4 is 21.9 Å². The smallest absolute Gasteiger partial charge is 0.326 e. The van der Waals surface area contributed by atoms with Gasteiger partial charge in [-0.3, -0.25) is 9.78 Å². The average Bonchev–Trinajstić information content (AvgIpc) is 2.68. The summed E-state index contributed by atoms with van der Waals surface area (Å²) in [5.41, 5.74) is 0. The van der Waals surface area contributed by atoms with Crippen LogP contribution in [0.25, 0.3) is 0 Å². The molecule has 1 amide bonds. The lowest BCUT2D eigenvalue weighted by Crippen LogP contribution is -2.53. The number of aliphatic carboxylic acids is 1. The molecule has 0 aromatic carbocycles. The summed E-state index contributed by atoms with van der Waals surface area (Å²) in [6.45, 7) is 2.94. The van der Waals surface area contributed by atoms with Crippen LogP contribution in [-0.4, -0.2) is 65.3 Å². The lowest BCUT2D eigenvalue weighted by Gasteiger charge is -2.39. The van der Waals surface area contributed by atoms with Gasteiger partial charge in [0.15, 0.2) is 0 Å². The first-order valence-electron chi connectivity index (χ1n) is 9.24. The van der Waals surface area contributed by atoms with E-state index in [0.29, 0.717) is 25.8 Å². The van der Waals surface area contributed by atoms with Gasteiger partial charge in [0.1, 0.15) is 10.9 Å². The summed E-state index contributed by atoms with van der Waals surface area (Å²) in [4.78, 5) is 29.9. The Balaban J connectivity index is 1.65. The molecule has 2 aliphatic rings. The Labute approximate surface area is 159 Å². The Kier molecular flexibility index (Phi) is 5.81. The Hall–Kier alpha value is -2.00. The Morgan fingerprint density at radius 3 is 2.48 bits per heavy atom. The largest absolute Gasteiger partial charge is 0.480 e. The monoisotopic (exact) mass is 395 g/mol. The topological polar surface area (TPSA) is 108 Å². The molecule has 0 radical (unpaired) electrons. The van der Waals surface area contributed by atoms with Crippen LogP contribution in [0, 0.1) is 11.8 Å². The van der Waals surface area contributed by atoms with Gasteiger partial charge >= 0.3 is 5.97 Å². The van der Waals surface area contributed by atoms with Gasteiger partial charge in [-0.2, -0.15) is 4.31 Å². The third-order valence-corrected chi connectivity index (χ3v) is 7.39. The van der Waals surface area contributed by atoms with Gasteiger partial charge in [0.25, 0.3) is 0 Å². The number of rotatable bonds is 4. The van der Waals surface area contributed by atoms with Gasteiger partial charge in [-0.15, -0.1) is 0 Å². The minimum Gasteiger partial charge on any atom is -0.480 e. The third kappa shape index (κ3) is 4.14. The molecule has 1 N–H and O–H groups in total. The molecular formula is C18H25N3O5S. The molecular weight excluding hydrogens is 370 g/mol. The number of sulfonamides is 1. The number of carboxylic acids is 1. The summed E-state index contributed by atoms with van der Waals surface area (Å²) < 4.78 is 26.7. The highest BCUT2D eigenvalue weighted by Gasteiger charge is 2.39. The predicted octanol–water partition coefficient (Wildman–Crippen LogP) is 1.19. The van der Waals surface area contributed by atoms with Crippen molar-refractivity contribution in [1.29, 1.82) is 0 Å². The van der Waals surface area contributed by atoms with Crippen LogP contribution in [0.5, 0.6) is 0 Å². The Bertz CT molecular complexity index is 790.